The molecule has 6 nitrogen and oxygen atoms in total. The summed E-state index contributed by atoms with van der Waals surface area (Å²) >= 11 is 1.75. The number of thioether (sulfide) groups is 1. The fraction of sp³-hybridized carbons (Fsp3) is 0.609. The molecular formula is C23H31F3N4O2S. The molecule has 3 aliphatic rings. The minimum atomic E-state index is -4.41. The second kappa shape index (κ2) is 10.1. The Bertz CT molecular complexity index is 880. The Morgan fingerprint density at radius 3 is 2.79 bits per heavy atom. The van der Waals surface area contributed by atoms with Gasteiger partial charge in [-0.25, -0.2) is 4.79 Å². The van der Waals surface area contributed by atoms with Crippen molar-refractivity contribution in [1.82, 2.24) is 15.5 Å². The average Bonchev–Trinajstić information content (AvgIpc) is 3.30. The zero-order valence-electron chi connectivity index (χ0n) is 18.8. The van der Waals surface area contributed by atoms with Crippen molar-refractivity contribution in [3.63, 3.8) is 0 Å². The van der Waals surface area contributed by atoms with Crippen LogP contribution in [-0.2, 0) is 10.9 Å². The van der Waals surface area contributed by atoms with Gasteiger partial charge in [-0.3, -0.25) is 0 Å². The Kier molecular flexibility index (Phi) is 7.45. The Labute approximate surface area is 196 Å². The number of anilines is 1. The molecule has 5 atom stereocenters. The van der Waals surface area contributed by atoms with Crippen molar-refractivity contribution in [2.24, 2.45) is 11.8 Å². The van der Waals surface area contributed by atoms with Gasteiger partial charge in [0.15, 0.2) is 0 Å². The molecule has 0 spiro atoms. The number of halogens is 3. The lowest BCUT2D eigenvalue weighted by molar-refractivity contribution is -0.138. The van der Waals surface area contributed by atoms with Crippen LogP contribution in [0.2, 0.25) is 0 Å². The summed E-state index contributed by atoms with van der Waals surface area (Å²) in [5, 5.41) is 11.3. The molecule has 1 unspecified atom stereocenters. The van der Waals surface area contributed by atoms with Crippen LogP contribution in [0.15, 0.2) is 29.7 Å². The summed E-state index contributed by atoms with van der Waals surface area (Å²) in [7, 11) is 3.86. The Morgan fingerprint density at radius 1 is 1.27 bits per heavy atom. The summed E-state index contributed by atoms with van der Waals surface area (Å²) in [4.78, 5) is 14.1. The van der Waals surface area contributed by atoms with Crippen LogP contribution in [0, 0.1) is 11.8 Å². The van der Waals surface area contributed by atoms with Crippen LogP contribution in [0.25, 0.3) is 0 Å². The third-order valence-electron chi connectivity index (χ3n) is 6.53. The standard InChI is InChI=1S/C23H31F3N4O2S/c1-30(2)9-8-27-22(31)28-12-16-4-5-17-20(14-7-10-33-13-14)29-19-6-3-15(23(24,25)26)11-18(19)21(17)32-16/h3,6-7,10-11,14,16-17,20-21,29H,4-5,8-9,12-13H2,1-2H3,(H2,27,28,31)/t14?,16-,17+,20+,21+/m1/s1. The summed E-state index contributed by atoms with van der Waals surface area (Å²) in [5.74, 6) is 1.33. The van der Waals surface area contributed by atoms with E-state index in [2.05, 4.69) is 27.4 Å². The number of alkyl halides is 3. The predicted octanol–water partition coefficient (Wildman–Crippen LogP) is 4.07. The van der Waals surface area contributed by atoms with Crippen molar-refractivity contribution >= 4 is 23.5 Å². The minimum Gasteiger partial charge on any atom is -0.381 e. The zero-order chi connectivity index (χ0) is 23.6. The van der Waals surface area contributed by atoms with Crippen LogP contribution >= 0.6 is 11.8 Å². The number of fused-ring (bicyclic) bond motifs is 3. The van der Waals surface area contributed by atoms with Gasteiger partial charge in [-0.1, -0.05) is 6.08 Å². The van der Waals surface area contributed by atoms with Gasteiger partial charge < -0.3 is 25.6 Å². The van der Waals surface area contributed by atoms with Crippen molar-refractivity contribution in [3.05, 3.63) is 40.8 Å². The maximum atomic E-state index is 13.4. The lowest BCUT2D eigenvalue weighted by Gasteiger charge is -2.47. The summed E-state index contributed by atoms with van der Waals surface area (Å²) in [5.41, 5.74) is 0.594. The first-order valence-electron chi connectivity index (χ1n) is 11.3. The van der Waals surface area contributed by atoms with Gasteiger partial charge in [0.1, 0.15) is 0 Å². The number of nitrogens with zero attached hydrogens (tertiary/aromatic N) is 1. The number of hydrogen-bond acceptors (Lipinski definition) is 5. The third kappa shape index (κ3) is 5.78. The Morgan fingerprint density at radius 2 is 2.09 bits per heavy atom. The molecule has 1 saturated heterocycles. The van der Waals surface area contributed by atoms with Crippen molar-refractivity contribution in [2.75, 3.05) is 44.8 Å². The van der Waals surface area contributed by atoms with Gasteiger partial charge in [0.05, 0.1) is 17.8 Å². The number of rotatable bonds is 6. The smallest absolute Gasteiger partial charge is 0.381 e. The summed E-state index contributed by atoms with van der Waals surface area (Å²) in [6.45, 7) is 1.59. The molecule has 33 heavy (non-hydrogen) atoms. The molecule has 0 radical (unpaired) electrons. The van der Waals surface area contributed by atoms with Crippen LogP contribution < -0.4 is 16.0 Å². The highest BCUT2D eigenvalue weighted by molar-refractivity contribution is 8.02. The SMILES string of the molecule is CN(C)CCNC(=O)NC[C@H]1CC[C@@H]2[C@H](O1)c1cc(C(F)(F)F)ccc1N[C@H]2C1C=CSC1. The van der Waals surface area contributed by atoms with Crippen molar-refractivity contribution in [1.29, 1.82) is 0 Å². The summed E-state index contributed by atoms with van der Waals surface area (Å²) in [6.07, 6.45) is -1.35. The number of hydrogen-bond donors (Lipinski definition) is 3. The maximum Gasteiger partial charge on any atom is 0.416 e. The van der Waals surface area contributed by atoms with Gasteiger partial charge in [-0.15, -0.1) is 11.8 Å². The van der Waals surface area contributed by atoms with E-state index >= 15 is 0 Å². The molecule has 2 amide bonds. The minimum absolute atomic E-state index is 0.0690. The number of benzene rings is 1. The molecule has 0 bridgehead atoms. The van der Waals surface area contributed by atoms with Crippen molar-refractivity contribution in [3.8, 4) is 0 Å². The topological polar surface area (TPSA) is 65.6 Å². The summed E-state index contributed by atoms with van der Waals surface area (Å²) < 4.78 is 46.6. The number of urea groups is 1. The number of nitrogens with one attached hydrogen (secondary N) is 3. The summed E-state index contributed by atoms with van der Waals surface area (Å²) in [6, 6.07) is 3.71. The molecule has 1 fully saturated rings. The van der Waals surface area contributed by atoms with E-state index in [9.17, 15) is 18.0 Å². The van der Waals surface area contributed by atoms with Gasteiger partial charge in [0, 0.05) is 54.5 Å². The molecule has 0 aromatic heterocycles. The van der Waals surface area contributed by atoms with E-state index in [1.807, 2.05) is 19.0 Å². The molecule has 182 valence electrons. The van der Waals surface area contributed by atoms with Crippen molar-refractivity contribution in [2.45, 2.75) is 37.3 Å². The molecule has 3 aliphatic heterocycles. The fourth-order valence-corrected chi connectivity index (χ4v) is 5.77. The van der Waals surface area contributed by atoms with E-state index < -0.39 is 17.8 Å². The van der Waals surface area contributed by atoms with E-state index in [4.69, 9.17) is 4.74 Å². The molecule has 1 aromatic rings. The number of likely N-dealkylation sites (N-methyl/N-ethyl adjacent to an activating group) is 1. The molecule has 0 saturated carbocycles. The zero-order valence-corrected chi connectivity index (χ0v) is 19.6. The van der Waals surface area contributed by atoms with Crippen LogP contribution in [-0.4, -0.2) is 62.6 Å². The van der Waals surface area contributed by atoms with E-state index in [1.165, 1.54) is 12.1 Å². The highest BCUT2D eigenvalue weighted by atomic mass is 32.2. The molecular weight excluding hydrogens is 453 g/mol. The largest absolute Gasteiger partial charge is 0.416 e. The molecule has 1 aromatic carbocycles. The van der Waals surface area contributed by atoms with Crippen LogP contribution in [0.3, 0.4) is 0 Å². The maximum absolute atomic E-state index is 13.4. The van der Waals surface area contributed by atoms with Crippen LogP contribution in [0.5, 0.6) is 0 Å². The van der Waals surface area contributed by atoms with Gasteiger partial charge in [-0.05, 0) is 50.5 Å². The quantitative estimate of drug-likeness (QED) is 0.568. The molecule has 4 rings (SSSR count). The monoisotopic (exact) mass is 484 g/mol. The van der Waals surface area contributed by atoms with E-state index in [0.29, 0.717) is 30.3 Å². The van der Waals surface area contributed by atoms with Crippen LogP contribution in [0.4, 0.5) is 23.7 Å². The van der Waals surface area contributed by atoms with E-state index in [1.54, 1.807) is 11.8 Å². The lowest BCUT2D eigenvalue weighted by Crippen LogP contribution is -2.49. The second-order valence-electron chi connectivity index (χ2n) is 9.16. The molecule has 3 heterocycles. The highest BCUT2D eigenvalue weighted by Crippen LogP contribution is 2.49. The number of carbonyl (C=O) groups excluding carboxylic acids is 1. The lowest BCUT2D eigenvalue weighted by atomic mass is 9.74. The first kappa shape index (κ1) is 24.2. The molecule has 3 N–H and O–H groups in total. The average molecular weight is 485 g/mol. The van der Waals surface area contributed by atoms with Crippen LogP contribution in [0.1, 0.15) is 30.1 Å². The number of carbonyl (C=O) groups is 1. The first-order valence-corrected chi connectivity index (χ1v) is 12.3. The van der Waals surface area contributed by atoms with Gasteiger partial charge >= 0.3 is 12.2 Å². The fourth-order valence-electron chi connectivity index (χ4n) is 4.81. The van der Waals surface area contributed by atoms with Gasteiger partial charge in [-0.2, -0.15) is 13.2 Å². The van der Waals surface area contributed by atoms with E-state index in [-0.39, 0.29) is 24.1 Å². The predicted molar refractivity (Wildman–Crippen MR) is 124 cm³/mol. The number of ether oxygens (including phenoxy) is 1. The third-order valence-corrected chi connectivity index (χ3v) is 7.45. The Hall–Kier alpha value is -1.91. The van der Waals surface area contributed by atoms with E-state index in [0.717, 1.165) is 31.2 Å². The number of amides is 2. The normalized spacial score (nSPS) is 28.7. The van der Waals surface area contributed by atoms with Gasteiger partial charge in [0.25, 0.3) is 0 Å². The van der Waals surface area contributed by atoms with Crippen molar-refractivity contribution < 1.29 is 22.7 Å². The molecule has 10 heteroatoms. The molecule has 0 aliphatic carbocycles. The first-order chi connectivity index (χ1) is 15.7. The van der Waals surface area contributed by atoms with Gasteiger partial charge in [0.2, 0.25) is 0 Å². The second-order valence-corrected chi connectivity index (χ2v) is 10.1. The Balaban J connectivity index is 1.48. The highest BCUT2D eigenvalue weighted by Gasteiger charge is 2.45.